The van der Waals surface area contributed by atoms with E-state index in [9.17, 15) is 12.8 Å². The summed E-state index contributed by atoms with van der Waals surface area (Å²) in [4.78, 5) is -0.495. The first-order chi connectivity index (χ1) is 9.36. The number of aliphatic hydroxyl groups is 1. The van der Waals surface area contributed by atoms with Crippen LogP contribution in [-0.4, -0.2) is 37.5 Å². The Balaban J connectivity index is 2.32. The molecule has 20 heavy (non-hydrogen) atoms. The van der Waals surface area contributed by atoms with Gasteiger partial charge in [0, 0.05) is 24.7 Å². The Hall–Kier alpha value is -0.890. The minimum Gasteiger partial charge on any atom is -0.396 e. The van der Waals surface area contributed by atoms with Crippen LogP contribution in [0.25, 0.3) is 0 Å². The zero-order chi connectivity index (χ0) is 14.9. The maximum absolute atomic E-state index is 13.9. The van der Waals surface area contributed by atoms with Crippen molar-refractivity contribution in [2.24, 2.45) is 5.92 Å². The Morgan fingerprint density at radius 2 is 2.00 bits per heavy atom. The molecule has 0 aromatic heterocycles. The standard InChI is InChI=1S/C12H16ClFN2O3S/c13-9-5-10(15)12(14)11(6-9)20(18,19)16-3-1-8(7-17)2-4-16/h5-6,8,17H,1-4,7,15H2. The lowest BCUT2D eigenvalue weighted by atomic mass is 10.00. The smallest absolute Gasteiger partial charge is 0.246 e. The third kappa shape index (κ3) is 2.90. The van der Waals surface area contributed by atoms with Crippen LogP contribution in [0.2, 0.25) is 5.02 Å². The van der Waals surface area contributed by atoms with Crippen molar-refractivity contribution < 1.29 is 17.9 Å². The Morgan fingerprint density at radius 1 is 1.40 bits per heavy atom. The number of rotatable bonds is 3. The van der Waals surface area contributed by atoms with Gasteiger partial charge in [0.2, 0.25) is 10.0 Å². The van der Waals surface area contributed by atoms with Crippen molar-refractivity contribution in [1.29, 1.82) is 0 Å². The molecule has 0 bridgehead atoms. The highest BCUT2D eigenvalue weighted by molar-refractivity contribution is 7.89. The van der Waals surface area contributed by atoms with Gasteiger partial charge in [0.25, 0.3) is 0 Å². The fourth-order valence-corrected chi connectivity index (χ4v) is 4.12. The maximum atomic E-state index is 13.9. The van der Waals surface area contributed by atoms with Crippen LogP contribution in [0.15, 0.2) is 17.0 Å². The number of hydrogen-bond donors (Lipinski definition) is 2. The van der Waals surface area contributed by atoms with E-state index in [-0.39, 0.29) is 36.3 Å². The van der Waals surface area contributed by atoms with E-state index in [2.05, 4.69) is 0 Å². The van der Waals surface area contributed by atoms with Crippen LogP contribution in [0.1, 0.15) is 12.8 Å². The molecule has 1 aliphatic rings. The van der Waals surface area contributed by atoms with Gasteiger partial charge in [0.15, 0.2) is 5.82 Å². The number of benzene rings is 1. The molecule has 0 amide bonds. The summed E-state index contributed by atoms with van der Waals surface area (Å²) >= 11 is 5.75. The van der Waals surface area contributed by atoms with Crippen LogP contribution < -0.4 is 5.73 Å². The number of nitrogens with two attached hydrogens (primary N) is 1. The Labute approximate surface area is 122 Å². The number of nitrogens with zero attached hydrogens (tertiary/aromatic N) is 1. The molecule has 0 spiro atoms. The van der Waals surface area contributed by atoms with Crippen molar-refractivity contribution in [1.82, 2.24) is 4.31 Å². The van der Waals surface area contributed by atoms with E-state index in [4.69, 9.17) is 22.4 Å². The van der Waals surface area contributed by atoms with Gasteiger partial charge in [-0.3, -0.25) is 0 Å². The van der Waals surface area contributed by atoms with Crippen molar-refractivity contribution in [2.75, 3.05) is 25.4 Å². The number of halogens is 2. The van der Waals surface area contributed by atoms with Gasteiger partial charge in [-0.1, -0.05) is 11.6 Å². The highest BCUT2D eigenvalue weighted by atomic mass is 35.5. The third-order valence-electron chi connectivity index (χ3n) is 3.48. The van der Waals surface area contributed by atoms with E-state index in [1.807, 2.05) is 0 Å². The lowest BCUT2D eigenvalue weighted by Gasteiger charge is -2.30. The normalized spacial score (nSPS) is 18.4. The highest BCUT2D eigenvalue weighted by Crippen LogP contribution is 2.29. The Bertz CT molecular complexity index is 601. The molecule has 0 atom stereocenters. The number of nitrogen functional groups attached to an aromatic ring is 1. The summed E-state index contributed by atoms with van der Waals surface area (Å²) in [7, 11) is -3.96. The van der Waals surface area contributed by atoms with Crippen LogP contribution in [0.4, 0.5) is 10.1 Å². The van der Waals surface area contributed by atoms with Crippen LogP contribution in [-0.2, 0) is 10.0 Å². The average Bonchev–Trinajstić information content (AvgIpc) is 2.42. The van der Waals surface area contributed by atoms with Gasteiger partial charge in [-0.25, -0.2) is 12.8 Å². The molecular formula is C12H16ClFN2O3S. The molecule has 0 radical (unpaired) electrons. The Morgan fingerprint density at radius 3 is 2.55 bits per heavy atom. The third-order valence-corrected chi connectivity index (χ3v) is 5.60. The molecule has 2 rings (SSSR count). The quantitative estimate of drug-likeness (QED) is 0.825. The molecular weight excluding hydrogens is 307 g/mol. The van der Waals surface area contributed by atoms with Gasteiger partial charge >= 0.3 is 0 Å². The number of piperidine rings is 1. The second kappa shape index (κ2) is 5.85. The summed E-state index contributed by atoms with van der Waals surface area (Å²) in [5.74, 6) is -0.880. The fraction of sp³-hybridized carbons (Fsp3) is 0.500. The molecule has 1 heterocycles. The van der Waals surface area contributed by atoms with E-state index in [1.165, 1.54) is 10.4 Å². The van der Waals surface area contributed by atoms with E-state index >= 15 is 0 Å². The lowest BCUT2D eigenvalue weighted by Crippen LogP contribution is -2.39. The van der Waals surface area contributed by atoms with E-state index in [0.717, 1.165) is 6.07 Å². The van der Waals surface area contributed by atoms with E-state index in [0.29, 0.717) is 12.8 Å². The molecule has 0 aliphatic carbocycles. The first-order valence-corrected chi connectivity index (χ1v) is 8.03. The van der Waals surface area contributed by atoms with Gasteiger partial charge in [0.05, 0.1) is 5.69 Å². The van der Waals surface area contributed by atoms with Crippen molar-refractivity contribution in [3.8, 4) is 0 Å². The predicted molar refractivity (Wildman–Crippen MR) is 74.4 cm³/mol. The van der Waals surface area contributed by atoms with Crippen LogP contribution >= 0.6 is 11.6 Å². The largest absolute Gasteiger partial charge is 0.396 e. The number of anilines is 1. The minimum absolute atomic E-state index is 0.0341. The van der Waals surface area contributed by atoms with Gasteiger partial charge in [-0.15, -0.1) is 0 Å². The summed E-state index contributed by atoms with van der Waals surface area (Å²) in [5.41, 5.74) is 5.13. The minimum atomic E-state index is -3.96. The van der Waals surface area contributed by atoms with Gasteiger partial charge in [0.1, 0.15) is 4.90 Å². The predicted octanol–water partition coefficient (Wildman–Crippen LogP) is 1.45. The number of hydrogen-bond acceptors (Lipinski definition) is 4. The van der Waals surface area contributed by atoms with E-state index in [1.54, 1.807) is 0 Å². The van der Waals surface area contributed by atoms with Gasteiger partial charge in [-0.05, 0) is 30.9 Å². The monoisotopic (exact) mass is 322 g/mol. The molecule has 8 heteroatoms. The summed E-state index contributed by atoms with van der Waals surface area (Å²) in [6, 6.07) is 2.24. The molecule has 1 aromatic rings. The maximum Gasteiger partial charge on any atom is 0.246 e. The second-order valence-corrected chi connectivity index (χ2v) is 7.18. The first-order valence-electron chi connectivity index (χ1n) is 6.21. The number of aliphatic hydroxyl groups excluding tert-OH is 1. The van der Waals surface area contributed by atoms with Crippen molar-refractivity contribution in [2.45, 2.75) is 17.7 Å². The number of sulfonamides is 1. The highest BCUT2D eigenvalue weighted by Gasteiger charge is 2.32. The van der Waals surface area contributed by atoms with Crippen LogP contribution in [0, 0.1) is 11.7 Å². The zero-order valence-corrected chi connectivity index (χ0v) is 12.3. The molecule has 5 nitrogen and oxygen atoms in total. The second-order valence-electron chi connectivity index (χ2n) is 4.84. The van der Waals surface area contributed by atoms with Crippen LogP contribution in [0.5, 0.6) is 0 Å². The van der Waals surface area contributed by atoms with Crippen molar-refractivity contribution >= 4 is 27.3 Å². The zero-order valence-electron chi connectivity index (χ0n) is 10.7. The molecule has 1 aliphatic heterocycles. The summed E-state index contributed by atoms with van der Waals surface area (Å²) in [5, 5.41) is 9.13. The van der Waals surface area contributed by atoms with Gasteiger partial charge in [-0.2, -0.15) is 4.31 Å². The molecule has 0 unspecified atom stereocenters. The lowest BCUT2D eigenvalue weighted by molar-refractivity contribution is 0.170. The SMILES string of the molecule is Nc1cc(Cl)cc(S(=O)(=O)N2CCC(CO)CC2)c1F. The van der Waals surface area contributed by atoms with Crippen LogP contribution in [0.3, 0.4) is 0 Å². The molecule has 112 valence electrons. The fourth-order valence-electron chi connectivity index (χ4n) is 2.24. The molecule has 1 aromatic carbocycles. The first kappa shape index (κ1) is 15.5. The van der Waals surface area contributed by atoms with E-state index < -0.39 is 20.7 Å². The summed E-state index contributed by atoms with van der Waals surface area (Å²) in [6.45, 7) is 0.533. The Kier molecular flexibility index (Phi) is 4.53. The summed E-state index contributed by atoms with van der Waals surface area (Å²) < 4.78 is 40.0. The van der Waals surface area contributed by atoms with Gasteiger partial charge < -0.3 is 10.8 Å². The topological polar surface area (TPSA) is 83.6 Å². The molecule has 3 N–H and O–H groups in total. The average molecular weight is 323 g/mol. The summed E-state index contributed by atoms with van der Waals surface area (Å²) in [6.07, 6.45) is 1.10. The molecule has 1 fully saturated rings. The molecule has 1 saturated heterocycles. The van der Waals surface area contributed by atoms with Crippen molar-refractivity contribution in [3.05, 3.63) is 23.0 Å². The molecule has 0 saturated carbocycles. The van der Waals surface area contributed by atoms with Crippen molar-refractivity contribution in [3.63, 3.8) is 0 Å².